The molecule has 0 spiro atoms. The van der Waals surface area contributed by atoms with Crippen LogP contribution in [0.1, 0.15) is 5.56 Å². The first kappa shape index (κ1) is 19.5. The molecule has 0 fully saturated rings. The van der Waals surface area contributed by atoms with E-state index in [0.29, 0.717) is 28.4 Å². The number of hydrogen-bond acceptors (Lipinski definition) is 8. The highest BCUT2D eigenvalue weighted by Crippen LogP contribution is 2.28. The van der Waals surface area contributed by atoms with Crippen molar-refractivity contribution in [2.45, 2.75) is 6.92 Å². The Hall–Kier alpha value is -4.21. The number of nitrogens with one attached hydrogen (secondary N) is 5. The molecule has 0 radical (unpaired) electrons. The van der Waals surface area contributed by atoms with E-state index in [-0.39, 0.29) is 0 Å². The number of amides is 2. The summed E-state index contributed by atoms with van der Waals surface area (Å²) in [7, 11) is 1.69. The maximum Gasteiger partial charge on any atom is 0.339 e. The Labute approximate surface area is 167 Å². The van der Waals surface area contributed by atoms with Gasteiger partial charge in [-0.25, -0.2) is 14.8 Å². The Morgan fingerprint density at radius 2 is 2.07 bits per heavy atom. The molecule has 2 amide bonds. The van der Waals surface area contributed by atoms with E-state index in [1.54, 1.807) is 31.7 Å². The Bertz CT molecular complexity index is 1090. The molecule has 148 valence electrons. The molecule has 0 saturated heterocycles. The molecule has 3 aromatic rings. The standard InChI is InChI=1S/C19H21N9O/c1-11-3-4-23-9-14(11)16-5-12-6-17(24-10-15(12)18(21)25-16)26-19(29)28-27-13(7-20)8-22-2/h3-10,20,22,27H,1-2H3,(H2,21,25)(H2,24,26,28,29)/b13-8+,20-7?. The van der Waals surface area contributed by atoms with Crippen LogP contribution in [0.4, 0.5) is 16.4 Å². The number of carbonyl (C=O) groups excluding carboxylic acids is 1. The molecule has 0 aromatic carbocycles. The predicted octanol–water partition coefficient (Wildman–Crippen LogP) is 1.92. The number of rotatable bonds is 6. The van der Waals surface area contributed by atoms with E-state index in [1.165, 1.54) is 6.20 Å². The third-order valence-electron chi connectivity index (χ3n) is 4.08. The second-order valence-electron chi connectivity index (χ2n) is 6.11. The fourth-order valence-corrected chi connectivity index (χ4v) is 2.66. The SMILES string of the molecule is CN/C=C(\C=N)NNC(=O)Nc1cc2cc(-c3cnccc3C)nc(N)c2cn1. The van der Waals surface area contributed by atoms with E-state index in [1.807, 2.05) is 19.1 Å². The van der Waals surface area contributed by atoms with Gasteiger partial charge in [0.15, 0.2) is 0 Å². The zero-order valence-corrected chi connectivity index (χ0v) is 15.9. The molecule has 0 unspecified atom stereocenters. The number of anilines is 2. The van der Waals surface area contributed by atoms with Crippen molar-refractivity contribution in [1.29, 1.82) is 5.41 Å². The van der Waals surface area contributed by atoms with E-state index in [9.17, 15) is 4.79 Å². The lowest BCUT2D eigenvalue weighted by molar-refractivity contribution is 0.249. The van der Waals surface area contributed by atoms with Crippen LogP contribution >= 0.6 is 0 Å². The van der Waals surface area contributed by atoms with Crippen LogP contribution in [0.15, 0.2) is 48.7 Å². The second-order valence-corrected chi connectivity index (χ2v) is 6.11. The summed E-state index contributed by atoms with van der Waals surface area (Å²) in [6.07, 6.45) is 7.60. The number of pyridine rings is 3. The van der Waals surface area contributed by atoms with Gasteiger partial charge in [0.05, 0.1) is 11.4 Å². The molecule has 29 heavy (non-hydrogen) atoms. The molecule has 0 aliphatic heterocycles. The number of urea groups is 1. The summed E-state index contributed by atoms with van der Waals surface area (Å²) in [6.45, 7) is 1.97. The van der Waals surface area contributed by atoms with Crippen LogP contribution in [-0.4, -0.2) is 34.2 Å². The van der Waals surface area contributed by atoms with Crippen LogP contribution in [0.25, 0.3) is 22.0 Å². The van der Waals surface area contributed by atoms with Crippen molar-refractivity contribution in [2.24, 2.45) is 0 Å². The molecular formula is C19H21N9O. The molecule has 10 heteroatoms. The van der Waals surface area contributed by atoms with Crippen molar-refractivity contribution < 1.29 is 4.79 Å². The molecule has 3 heterocycles. The summed E-state index contributed by atoms with van der Waals surface area (Å²) in [5, 5.41) is 14.1. The lowest BCUT2D eigenvalue weighted by Crippen LogP contribution is -2.40. The number of nitrogens with zero attached hydrogens (tertiary/aromatic N) is 3. The Morgan fingerprint density at radius 3 is 2.79 bits per heavy atom. The van der Waals surface area contributed by atoms with Gasteiger partial charge in [0.25, 0.3) is 0 Å². The second kappa shape index (κ2) is 8.65. The Balaban J connectivity index is 1.84. The number of nitrogens with two attached hydrogens (primary N) is 1. The first-order chi connectivity index (χ1) is 14.0. The third-order valence-corrected chi connectivity index (χ3v) is 4.08. The molecule has 0 aliphatic rings. The van der Waals surface area contributed by atoms with Crippen LogP contribution in [0, 0.1) is 12.3 Å². The first-order valence-electron chi connectivity index (χ1n) is 8.70. The summed E-state index contributed by atoms with van der Waals surface area (Å²) in [5.74, 6) is 0.684. The van der Waals surface area contributed by atoms with Gasteiger partial charge in [0.1, 0.15) is 11.6 Å². The van der Waals surface area contributed by atoms with Crippen molar-refractivity contribution in [2.75, 3.05) is 18.1 Å². The topological polar surface area (TPSA) is 154 Å². The number of nitrogen functional groups attached to an aromatic ring is 1. The lowest BCUT2D eigenvalue weighted by atomic mass is 10.1. The van der Waals surface area contributed by atoms with Crippen molar-refractivity contribution in [1.82, 2.24) is 31.1 Å². The normalized spacial score (nSPS) is 11.0. The minimum absolute atomic E-state index is 0.338. The molecule has 10 nitrogen and oxygen atoms in total. The zero-order valence-electron chi connectivity index (χ0n) is 15.9. The van der Waals surface area contributed by atoms with Gasteiger partial charge < -0.3 is 16.5 Å². The molecule has 0 atom stereocenters. The van der Waals surface area contributed by atoms with Gasteiger partial charge in [-0.2, -0.15) is 0 Å². The minimum atomic E-state index is -0.536. The van der Waals surface area contributed by atoms with E-state index in [0.717, 1.165) is 22.7 Å². The summed E-state index contributed by atoms with van der Waals surface area (Å²) in [4.78, 5) is 24.9. The van der Waals surface area contributed by atoms with Gasteiger partial charge in [0, 0.05) is 49.0 Å². The van der Waals surface area contributed by atoms with Gasteiger partial charge in [-0.1, -0.05) is 0 Å². The lowest BCUT2D eigenvalue weighted by Gasteiger charge is -2.11. The zero-order chi connectivity index (χ0) is 20.8. The Morgan fingerprint density at radius 1 is 1.24 bits per heavy atom. The van der Waals surface area contributed by atoms with E-state index >= 15 is 0 Å². The largest absolute Gasteiger partial charge is 0.392 e. The van der Waals surface area contributed by atoms with Crippen LogP contribution in [0.5, 0.6) is 0 Å². The highest BCUT2D eigenvalue weighted by Gasteiger charge is 2.10. The quantitative estimate of drug-likeness (QED) is 0.277. The van der Waals surface area contributed by atoms with E-state index in [2.05, 4.69) is 36.4 Å². The van der Waals surface area contributed by atoms with Crippen LogP contribution < -0.4 is 27.2 Å². The summed E-state index contributed by atoms with van der Waals surface area (Å²) >= 11 is 0. The smallest absolute Gasteiger partial charge is 0.339 e. The maximum atomic E-state index is 12.1. The molecule has 7 N–H and O–H groups in total. The highest BCUT2D eigenvalue weighted by molar-refractivity contribution is 5.97. The maximum absolute atomic E-state index is 12.1. The number of aryl methyl sites for hydroxylation is 1. The number of hydrogen-bond donors (Lipinski definition) is 6. The summed E-state index contributed by atoms with van der Waals surface area (Å²) < 4.78 is 0. The number of aromatic nitrogens is 3. The van der Waals surface area contributed by atoms with Crippen LogP contribution in [0.3, 0.4) is 0 Å². The average molecular weight is 391 g/mol. The predicted molar refractivity (Wildman–Crippen MR) is 113 cm³/mol. The van der Waals surface area contributed by atoms with Crippen molar-refractivity contribution in [3.05, 3.63) is 54.3 Å². The van der Waals surface area contributed by atoms with E-state index < -0.39 is 6.03 Å². The van der Waals surface area contributed by atoms with E-state index in [4.69, 9.17) is 11.1 Å². The summed E-state index contributed by atoms with van der Waals surface area (Å²) in [5.41, 5.74) is 14.1. The van der Waals surface area contributed by atoms with Crippen molar-refractivity contribution in [3.8, 4) is 11.3 Å². The molecule has 0 saturated carbocycles. The molecule has 3 aromatic heterocycles. The third kappa shape index (κ3) is 4.56. The first-order valence-corrected chi connectivity index (χ1v) is 8.70. The van der Waals surface area contributed by atoms with Crippen molar-refractivity contribution in [3.63, 3.8) is 0 Å². The molecule has 0 bridgehead atoms. The molecular weight excluding hydrogens is 370 g/mol. The van der Waals surface area contributed by atoms with Gasteiger partial charge >= 0.3 is 6.03 Å². The van der Waals surface area contributed by atoms with Gasteiger partial charge in [0.2, 0.25) is 0 Å². The number of allylic oxidation sites excluding steroid dienone is 1. The van der Waals surface area contributed by atoms with Gasteiger partial charge in [-0.15, -0.1) is 0 Å². The number of hydrazine groups is 1. The molecule has 0 aliphatic carbocycles. The fourth-order valence-electron chi connectivity index (χ4n) is 2.66. The van der Waals surface area contributed by atoms with Crippen LogP contribution in [-0.2, 0) is 0 Å². The van der Waals surface area contributed by atoms with Crippen LogP contribution in [0.2, 0.25) is 0 Å². The fraction of sp³-hybridized carbons (Fsp3) is 0.105. The van der Waals surface area contributed by atoms with Gasteiger partial charge in [-0.05, 0) is 36.1 Å². The minimum Gasteiger partial charge on any atom is -0.392 e. The average Bonchev–Trinajstić information content (AvgIpc) is 2.71. The summed E-state index contributed by atoms with van der Waals surface area (Å²) in [6, 6.07) is 4.95. The molecule has 3 rings (SSSR count). The highest BCUT2D eigenvalue weighted by atomic mass is 16.2. The number of fused-ring (bicyclic) bond motifs is 1. The monoisotopic (exact) mass is 391 g/mol. The Kier molecular flexibility index (Phi) is 5.83. The van der Waals surface area contributed by atoms with Crippen molar-refractivity contribution >= 4 is 34.7 Å². The number of carbonyl (C=O) groups is 1. The van der Waals surface area contributed by atoms with Gasteiger partial charge in [-0.3, -0.25) is 21.2 Å².